The Morgan fingerprint density at radius 3 is 2.44 bits per heavy atom. The van der Waals surface area contributed by atoms with E-state index < -0.39 is 18.4 Å². The van der Waals surface area contributed by atoms with Gasteiger partial charge < -0.3 is 0 Å². The number of nitrogens with zero attached hydrogens (tertiary/aromatic N) is 1. The van der Waals surface area contributed by atoms with E-state index in [1.165, 1.54) is 12.0 Å². The molecule has 4 heteroatoms. The SMILES string of the molecule is CCCN1C2CC[C@@H]1C[C@H](c1cc[c]([Sn]([CH3])([CH3])[CH3])cc1)C2C(=O)OC. The predicted octanol–water partition coefficient (Wildman–Crippen LogP) is 3.75. The zero-order chi connectivity index (χ0) is 18.2. The van der Waals surface area contributed by atoms with Crippen LogP contribution in [0.2, 0.25) is 14.8 Å². The Morgan fingerprint density at radius 1 is 1.20 bits per heavy atom. The summed E-state index contributed by atoms with van der Waals surface area (Å²) in [6, 6.07) is 10.3. The van der Waals surface area contributed by atoms with Gasteiger partial charge in [-0.25, -0.2) is 0 Å². The first-order valence-corrected chi connectivity index (χ1v) is 19.8. The summed E-state index contributed by atoms with van der Waals surface area (Å²) in [4.78, 5) is 22.6. The van der Waals surface area contributed by atoms with Gasteiger partial charge in [-0.3, -0.25) is 0 Å². The summed E-state index contributed by atoms with van der Waals surface area (Å²) >= 11 is -2.03. The summed E-state index contributed by atoms with van der Waals surface area (Å²) < 4.78 is 6.80. The molecule has 0 aromatic heterocycles. The fourth-order valence-electron chi connectivity index (χ4n) is 4.95. The van der Waals surface area contributed by atoms with Crippen LogP contribution < -0.4 is 3.58 Å². The fourth-order valence-corrected chi connectivity index (χ4v) is 8.28. The van der Waals surface area contributed by atoms with Gasteiger partial charge in [-0.2, -0.15) is 0 Å². The maximum absolute atomic E-state index is 12.7. The molecule has 1 aromatic carbocycles. The van der Waals surface area contributed by atoms with E-state index in [0.29, 0.717) is 18.0 Å². The minimum absolute atomic E-state index is 0.0145. The molecular weight excluding hydrogens is 417 g/mol. The summed E-state index contributed by atoms with van der Waals surface area (Å²) in [7, 11) is 1.54. The van der Waals surface area contributed by atoms with E-state index in [-0.39, 0.29) is 11.9 Å². The quantitative estimate of drug-likeness (QED) is 0.506. The molecule has 2 bridgehead atoms. The number of carbonyl (C=O) groups excluding carboxylic acids is 1. The number of rotatable bonds is 5. The van der Waals surface area contributed by atoms with Gasteiger partial charge in [0.25, 0.3) is 0 Å². The van der Waals surface area contributed by atoms with Gasteiger partial charge in [0, 0.05) is 0 Å². The van der Waals surface area contributed by atoms with Crippen LogP contribution in [0.5, 0.6) is 0 Å². The molecule has 2 aliphatic heterocycles. The molecule has 25 heavy (non-hydrogen) atoms. The molecule has 3 nitrogen and oxygen atoms in total. The summed E-state index contributed by atoms with van der Waals surface area (Å²) in [6.45, 7) is 3.34. The summed E-state index contributed by atoms with van der Waals surface area (Å²) in [5.41, 5.74) is 1.34. The van der Waals surface area contributed by atoms with Crippen molar-refractivity contribution in [3.05, 3.63) is 29.8 Å². The van der Waals surface area contributed by atoms with Gasteiger partial charge in [-0.05, 0) is 0 Å². The van der Waals surface area contributed by atoms with Crippen LogP contribution in [0.4, 0.5) is 0 Å². The molecule has 2 fully saturated rings. The van der Waals surface area contributed by atoms with E-state index in [2.05, 4.69) is 50.9 Å². The standard InChI is InChI=1S/C18H24NO2.3CH3.Sn/c1-3-11-19-14-9-10-16(19)17(18(20)21-2)15(12-14)13-7-5-4-6-8-13;;;;/h5-8,14-17H,3,9-12H2,1-2H3;3*1H3;/t14-,15-,16?,17?;;;;/m1..../s1. The summed E-state index contributed by atoms with van der Waals surface area (Å²) in [6.07, 6.45) is 4.61. The second kappa shape index (κ2) is 7.59. The van der Waals surface area contributed by atoms with E-state index in [1.54, 1.807) is 10.7 Å². The molecule has 2 aliphatic rings. The first-order valence-electron chi connectivity index (χ1n) is 9.80. The number of esters is 1. The molecule has 138 valence electrons. The van der Waals surface area contributed by atoms with E-state index in [4.69, 9.17) is 4.74 Å². The van der Waals surface area contributed by atoms with Crippen molar-refractivity contribution in [2.75, 3.05) is 13.7 Å². The zero-order valence-corrected chi connectivity index (χ0v) is 19.3. The van der Waals surface area contributed by atoms with Crippen LogP contribution in [0.15, 0.2) is 24.3 Å². The maximum atomic E-state index is 12.7. The van der Waals surface area contributed by atoms with Gasteiger partial charge >= 0.3 is 157 Å². The van der Waals surface area contributed by atoms with Gasteiger partial charge in [0.2, 0.25) is 0 Å². The minimum atomic E-state index is -2.03. The molecule has 0 amide bonds. The normalized spacial score (nSPS) is 29.6. The van der Waals surface area contributed by atoms with E-state index >= 15 is 0 Å². The number of hydrogen-bond donors (Lipinski definition) is 0. The third kappa shape index (κ3) is 3.78. The Bertz CT molecular complexity index is 607. The van der Waals surface area contributed by atoms with Gasteiger partial charge in [0.05, 0.1) is 0 Å². The number of hydrogen-bond acceptors (Lipinski definition) is 3. The molecule has 2 saturated heterocycles. The number of fused-ring (bicyclic) bond motifs is 2. The van der Waals surface area contributed by atoms with Gasteiger partial charge in [0.1, 0.15) is 0 Å². The Morgan fingerprint density at radius 2 is 1.88 bits per heavy atom. The Hall–Kier alpha value is -0.551. The van der Waals surface area contributed by atoms with Crippen molar-refractivity contribution >= 4 is 27.9 Å². The summed E-state index contributed by atoms with van der Waals surface area (Å²) in [5.74, 6) is 0.275. The topological polar surface area (TPSA) is 29.5 Å². The first-order chi connectivity index (χ1) is 11.9. The molecular formula is C21H33NO2Sn. The van der Waals surface area contributed by atoms with E-state index in [1.807, 2.05) is 0 Å². The van der Waals surface area contributed by atoms with Gasteiger partial charge in [-0.1, -0.05) is 0 Å². The number of benzene rings is 1. The average Bonchev–Trinajstić information content (AvgIpc) is 2.85. The zero-order valence-electron chi connectivity index (χ0n) is 16.4. The molecule has 1 aromatic rings. The van der Waals surface area contributed by atoms with Crippen LogP contribution in [0.3, 0.4) is 0 Å². The molecule has 3 rings (SSSR count). The Labute approximate surface area is 157 Å². The summed E-state index contributed by atoms with van der Waals surface area (Å²) in [5, 5.41) is 0. The van der Waals surface area contributed by atoms with Crippen LogP contribution in [-0.4, -0.2) is 55.0 Å². The third-order valence-corrected chi connectivity index (χ3v) is 12.1. The van der Waals surface area contributed by atoms with Crippen molar-refractivity contribution in [3.8, 4) is 0 Å². The molecule has 0 aliphatic carbocycles. The van der Waals surface area contributed by atoms with Crippen LogP contribution in [0.1, 0.15) is 44.1 Å². The number of ether oxygens (including phenoxy) is 1. The second-order valence-corrected chi connectivity index (χ2v) is 23.3. The van der Waals surface area contributed by atoms with Crippen molar-refractivity contribution in [3.63, 3.8) is 0 Å². The average molecular weight is 450 g/mol. The van der Waals surface area contributed by atoms with Crippen molar-refractivity contribution in [1.82, 2.24) is 4.90 Å². The molecule has 0 spiro atoms. The van der Waals surface area contributed by atoms with Crippen molar-refractivity contribution < 1.29 is 9.53 Å². The number of piperidine rings is 1. The predicted molar refractivity (Wildman–Crippen MR) is 106 cm³/mol. The van der Waals surface area contributed by atoms with Gasteiger partial charge in [0.15, 0.2) is 0 Å². The molecule has 0 saturated carbocycles. The van der Waals surface area contributed by atoms with E-state index in [9.17, 15) is 4.79 Å². The van der Waals surface area contributed by atoms with Crippen molar-refractivity contribution in [1.29, 1.82) is 0 Å². The molecule has 2 heterocycles. The molecule has 4 atom stereocenters. The Kier molecular flexibility index (Phi) is 5.84. The monoisotopic (exact) mass is 451 g/mol. The number of methoxy groups -OCH3 is 1. The van der Waals surface area contributed by atoms with Crippen molar-refractivity contribution in [2.45, 2.75) is 65.4 Å². The van der Waals surface area contributed by atoms with Crippen LogP contribution in [0, 0.1) is 5.92 Å². The third-order valence-electron chi connectivity index (χ3n) is 6.22. The molecule has 0 radical (unpaired) electrons. The Balaban J connectivity index is 1.91. The van der Waals surface area contributed by atoms with Crippen LogP contribution in [0.25, 0.3) is 0 Å². The van der Waals surface area contributed by atoms with Gasteiger partial charge in [-0.15, -0.1) is 0 Å². The molecule has 2 unspecified atom stereocenters. The first kappa shape index (κ1) is 19.2. The van der Waals surface area contributed by atoms with E-state index in [0.717, 1.165) is 25.8 Å². The van der Waals surface area contributed by atoms with Crippen LogP contribution in [-0.2, 0) is 9.53 Å². The number of carbonyl (C=O) groups is 1. The fraction of sp³-hybridized carbons (Fsp3) is 0.667. The van der Waals surface area contributed by atoms with Crippen LogP contribution >= 0.6 is 0 Å². The van der Waals surface area contributed by atoms with Crippen molar-refractivity contribution in [2.24, 2.45) is 5.92 Å². The second-order valence-electron chi connectivity index (χ2n) is 8.80. The molecule has 0 N–H and O–H groups in total.